The van der Waals surface area contributed by atoms with Crippen molar-refractivity contribution in [3.8, 4) is 0 Å². The average Bonchev–Trinajstić information content (AvgIpc) is 2.99. The van der Waals surface area contributed by atoms with Crippen molar-refractivity contribution in [2.75, 3.05) is 23.2 Å². The lowest BCUT2D eigenvalue weighted by Crippen LogP contribution is -2.22. The third-order valence-corrected chi connectivity index (χ3v) is 7.47. The fourth-order valence-corrected chi connectivity index (χ4v) is 5.32. The van der Waals surface area contributed by atoms with E-state index in [0.29, 0.717) is 12.2 Å². The number of rotatable bonds is 9. The molecule has 8 nitrogen and oxygen atoms in total. The van der Waals surface area contributed by atoms with E-state index in [-0.39, 0.29) is 21.2 Å². The van der Waals surface area contributed by atoms with Gasteiger partial charge in [-0.2, -0.15) is 5.10 Å². The number of hydrogen-bond acceptors (Lipinski definition) is 5. The highest BCUT2D eigenvalue weighted by Gasteiger charge is 2.21. The van der Waals surface area contributed by atoms with Crippen LogP contribution in [-0.4, -0.2) is 42.9 Å². The van der Waals surface area contributed by atoms with Gasteiger partial charge in [-0.25, -0.2) is 13.2 Å². The molecule has 3 rings (SSSR count). The van der Waals surface area contributed by atoms with Crippen molar-refractivity contribution in [3.05, 3.63) is 70.0 Å². The zero-order valence-electron chi connectivity index (χ0n) is 19.0. The maximum atomic E-state index is 13.0. The first-order chi connectivity index (χ1) is 15.5. The molecular weight excluding hydrogens is 464 g/mol. The van der Waals surface area contributed by atoms with Gasteiger partial charge in [-0.15, -0.1) is 0 Å². The van der Waals surface area contributed by atoms with Crippen molar-refractivity contribution >= 4 is 39.0 Å². The third-order valence-electron chi connectivity index (χ3n) is 5.60. The van der Waals surface area contributed by atoms with E-state index in [1.807, 2.05) is 37.5 Å². The molecule has 0 amide bonds. The maximum Gasteiger partial charge on any atom is 0.335 e. The number of aryl methyl sites for hydroxylation is 2. The van der Waals surface area contributed by atoms with E-state index in [1.165, 1.54) is 29.8 Å². The lowest BCUT2D eigenvalue weighted by atomic mass is 10.1. The molecule has 0 atom stereocenters. The zero-order chi connectivity index (χ0) is 24.3. The Morgan fingerprint density at radius 2 is 1.91 bits per heavy atom. The second-order valence-electron chi connectivity index (χ2n) is 7.87. The molecule has 0 aliphatic rings. The fraction of sp³-hybridized carbons (Fsp3) is 0.304. The van der Waals surface area contributed by atoms with Crippen LogP contribution in [0, 0.1) is 13.8 Å². The molecule has 0 spiro atoms. The molecule has 2 aromatic carbocycles. The minimum atomic E-state index is -4.03. The Labute approximate surface area is 198 Å². The number of halogens is 1. The highest BCUT2D eigenvalue weighted by molar-refractivity contribution is 7.92. The van der Waals surface area contributed by atoms with Gasteiger partial charge in [0, 0.05) is 26.3 Å². The number of anilines is 2. The van der Waals surface area contributed by atoms with Crippen LogP contribution in [0.2, 0.25) is 5.02 Å². The van der Waals surface area contributed by atoms with Crippen LogP contribution in [0.4, 0.5) is 11.4 Å². The van der Waals surface area contributed by atoms with Gasteiger partial charge in [0.15, 0.2) is 0 Å². The van der Waals surface area contributed by atoms with Gasteiger partial charge in [0.05, 0.1) is 27.7 Å². The lowest BCUT2D eigenvalue weighted by molar-refractivity contribution is 0.0697. The molecule has 1 aromatic heterocycles. The summed E-state index contributed by atoms with van der Waals surface area (Å²) in [6.45, 7) is 4.64. The summed E-state index contributed by atoms with van der Waals surface area (Å²) >= 11 is 6.08. The SMILES string of the molecule is Cc1nn(C)c(C)c1CCCN(C)c1ccc(C(=O)O)cc1NS(=O)(=O)c1ccccc1Cl. The maximum absolute atomic E-state index is 13.0. The second-order valence-corrected chi connectivity index (χ2v) is 9.93. The number of aromatic carboxylic acids is 1. The molecule has 176 valence electrons. The molecule has 0 radical (unpaired) electrons. The molecule has 0 saturated carbocycles. The molecule has 0 saturated heterocycles. The predicted octanol–water partition coefficient (Wildman–Crippen LogP) is 4.26. The minimum absolute atomic E-state index is 0.0226. The van der Waals surface area contributed by atoms with Crippen LogP contribution in [-0.2, 0) is 23.5 Å². The molecule has 0 fully saturated rings. The Morgan fingerprint density at radius 1 is 1.21 bits per heavy atom. The van der Waals surface area contributed by atoms with Gasteiger partial charge < -0.3 is 10.0 Å². The predicted molar refractivity (Wildman–Crippen MR) is 130 cm³/mol. The molecule has 2 N–H and O–H groups in total. The Hall–Kier alpha value is -3.04. The van der Waals surface area contributed by atoms with Gasteiger partial charge in [-0.3, -0.25) is 9.40 Å². The molecule has 0 aliphatic heterocycles. The summed E-state index contributed by atoms with van der Waals surface area (Å²) in [5.74, 6) is -1.15. The van der Waals surface area contributed by atoms with Gasteiger partial charge in [0.25, 0.3) is 10.0 Å². The van der Waals surface area contributed by atoms with Gasteiger partial charge in [-0.05, 0) is 62.6 Å². The summed E-state index contributed by atoms with van der Waals surface area (Å²) < 4.78 is 30.3. The zero-order valence-corrected chi connectivity index (χ0v) is 20.5. The van der Waals surface area contributed by atoms with E-state index in [2.05, 4.69) is 9.82 Å². The second kappa shape index (κ2) is 9.84. The van der Waals surface area contributed by atoms with Gasteiger partial charge in [-0.1, -0.05) is 23.7 Å². The van der Waals surface area contributed by atoms with Crippen molar-refractivity contribution in [1.82, 2.24) is 9.78 Å². The van der Waals surface area contributed by atoms with Crippen LogP contribution >= 0.6 is 11.6 Å². The van der Waals surface area contributed by atoms with Crippen LogP contribution in [0.3, 0.4) is 0 Å². The number of sulfonamides is 1. The minimum Gasteiger partial charge on any atom is -0.478 e. The summed E-state index contributed by atoms with van der Waals surface area (Å²) in [5.41, 5.74) is 4.03. The van der Waals surface area contributed by atoms with E-state index in [0.717, 1.165) is 24.2 Å². The highest BCUT2D eigenvalue weighted by atomic mass is 35.5. The largest absolute Gasteiger partial charge is 0.478 e. The number of carbonyl (C=O) groups is 1. The van der Waals surface area contributed by atoms with Crippen LogP contribution < -0.4 is 9.62 Å². The van der Waals surface area contributed by atoms with E-state index < -0.39 is 16.0 Å². The first kappa shape index (κ1) is 24.6. The Balaban J connectivity index is 1.85. The van der Waals surface area contributed by atoms with Crippen LogP contribution in [0.15, 0.2) is 47.4 Å². The molecule has 0 bridgehead atoms. The van der Waals surface area contributed by atoms with E-state index in [4.69, 9.17) is 11.6 Å². The third kappa shape index (κ3) is 5.48. The molecule has 3 aromatic rings. The first-order valence-corrected chi connectivity index (χ1v) is 12.2. The summed E-state index contributed by atoms with van der Waals surface area (Å²) in [5, 5.41) is 13.9. The molecule has 10 heteroatoms. The average molecular weight is 491 g/mol. The topological polar surface area (TPSA) is 105 Å². The number of nitrogens with zero attached hydrogens (tertiary/aromatic N) is 3. The molecule has 33 heavy (non-hydrogen) atoms. The Kier molecular flexibility index (Phi) is 7.34. The number of aromatic nitrogens is 2. The summed E-state index contributed by atoms with van der Waals surface area (Å²) in [4.78, 5) is 13.3. The number of benzene rings is 2. The van der Waals surface area contributed by atoms with Crippen molar-refractivity contribution in [3.63, 3.8) is 0 Å². The summed E-state index contributed by atoms with van der Waals surface area (Å²) in [6, 6.07) is 10.5. The van der Waals surface area contributed by atoms with Crippen molar-refractivity contribution in [2.24, 2.45) is 7.05 Å². The molecule has 0 unspecified atom stereocenters. The van der Waals surface area contributed by atoms with E-state index in [9.17, 15) is 18.3 Å². The molecule has 0 aliphatic carbocycles. The first-order valence-electron chi connectivity index (χ1n) is 10.4. The standard InChI is InChI=1S/C23H27ClN4O4S/c1-15-18(16(2)28(4)25-15)8-7-13-27(3)21-12-11-17(23(29)30)14-20(21)26-33(31,32)22-10-6-5-9-19(22)24/h5-6,9-12,14,26H,7-8,13H2,1-4H3,(H,29,30). The number of nitrogens with one attached hydrogen (secondary N) is 1. The smallest absolute Gasteiger partial charge is 0.335 e. The van der Waals surface area contributed by atoms with Gasteiger partial charge in [0.1, 0.15) is 4.90 Å². The summed E-state index contributed by atoms with van der Waals surface area (Å²) in [6.07, 6.45) is 1.63. The van der Waals surface area contributed by atoms with Crippen LogP contribution in [0.1, 0.15) is 33.7 Å². The highest BCUT2D eigenvalue weighted by Crippen LogP contribution is 2.31. The summed E-state index contributed by atoms with van der Waals surface area (Å²) in [7, 11) is -0.272. The number of carboxylic acid groups (broad SMARTS) is 1. The van der Waals surface area contributed by atoms with Crippen molar-refractivity contribution in [2.45, 2.75) is 31.6 Å². The van der Waals surface area contributed by atoms with Crippen molar-refractivity contribution in [1.29, 1.82) is 0 Å². The van der Waals surface area contributed by atoms with Crippen molar-refractivity contribution < 1.29 is 18.3 Å². The van der Waals surface area contributed by atoms with Crippen LogP contribution in [0.5, 0.6) is 0 Å². The Morgan fingerprint density at radius 3 is 2.52 bits per heavy atom. The van der Waals surface area contributed by atoms with Gasteiger partial charge in [0.2, 0.25) is 0 Å². The van der Waals surface area contributed by atoms with Crippen LogP contribution in [0.25, 0.3) is 0 Å². The quantitative estimate of drug-likeness (QED) is 0.464. The number of hydrogen-bond donors (Lipinski definition) is 2. The lowest BCUT2D eigenvalue weighted by Gasteiger charge is -2.23. The van der Waals surface area contributed by atoms with Gasteiger partial charge >= 0.3 is 5.97 Å². The van der Waals surface area contributed by atoms with E-state index >= 15 is 0 Å². The monoisotopic (exact) mass is 490 g/mol. The molecule has 1 heterocycles. The van der Waals surface area contributed by atoms with E-state index in [1.54, 1.807) is 18.2 Å². The number of carboxylic acids is 1. The molecular formula is C23H27ClN4O4S. The normalized spacial score (nSPS) is 11.4. The fourth-order valence-electron chi connectivity index (χ4n) is 3.74. The Bertz CT molecular complexity index is 1290.